The summed E-state index contributed by atoms with van der Waals surface area (Å²) in [6.45, 7) is 11.0. The minimum atomic E-state index is 1.38. The molecule has 15 heavy (non-hydrogen) atoms. The fourth-order valence-corrected chi connectivity index (χ4v) is 2.18. The van der Waals surface area contributed by atoms with E-state index in [4.69, 9.17) is 0 Å². The van der Waals surface area contributed by atoms with Gasteiger partial charge in [0.15, 0.2) is 0 Å². The van der Waals surface area contributed by atoms with Crippen molar-refractivity contribution in [3.63, 3.8) is 0 Å². The molecular weight excluding hydrogens is 180 g/mol. The molecule has 0 bridgehead atoms. The van der Waals surface area contributed by atoms with E-state index in [1.807, 2.05) is 0 Å². The summed E-state index contributed by atoms with van der Waals surface area (Å²) in [5.41, 5.74) is 6.96. The molecule has 2 aromatic rings. The van der Waals surface area contributed by atoms with Crippen molar-refractivity contribution in [3.05, 3.63) is 46.0 Å². The number of hydrogen-bond donors (Lipinski definition) is 0. The first-order valence-electron chi connectivity index (χ1n) is 5.48. The largest absolute Gasteiger partial charge is 0.0555 e. The van der Waals surface area contributed by atoms with E-state index in [0.29, 0.717) is 0 Å². The van der Waals surface area contributed by atoms with Crippen LogP contribution in [0.15, 0.2) is 18.2 Å². The lowest BCUT2D eigenvalue weighted by Gasteiger charge is -2.11. The van der Waals surface area contributed by atoms with Crippen LogP contribution in [0, 0.1) is 34.6 Å². The Balaban J connectivity index is 2.97. The van der Waals surface area contributed by atoms with Gasteiger partial charge < -0.3 is 0 Å². The summed E-state index contributed by atoms with van der Waals surface area (Å²) in [4.78, 5) is 0. The second-order valence-electron chi connectivity index (χ2n) is 4.62. The molecule has 0 heterocycles. The van der Waals surface area contributed by atoms with E-state index >= 15 is 0 Å². The highest BCUT2D eigenvalue weighted by Gasteiger charge is 2.05. The van der Waals surface area contributed by atoms with Gasteiger partial charge in [0.25, 0.3) is 0 Å². The second-order valence-corrected chi connectivity index (χ2v) is 4.62. The van der Waals surface area contributed by atoms with E-state index < -0.39 is 0 Å². The molecule has 0 radical (unpaired) electrons. The van der Waals surface area contributed by atoms with Gasteiger partial charge in [-0.15, -0.1) is 0 Å². The molecule has 2 aromatic carbocycles. The van der Waals surface area contributed by atoms with E-state index in [2.05, 4.69) is 52.8 Å². The van der Waals surface area contributed by atoms with Gasteiger partial charge in [0.1, 0.15) is 0 Å². The molecule has 0 fully saturated rings. The van der Waals surface area contributed by atoms with E-state index in [-0.39, 0.29) is 0 Å². The highest BCUT2D eigenvalue weighted by atomic mass is 14.1. The predicted octanol–water partition coefficient (Wildman–Crippen LogP) is 4.38. The van der Waals surface area contributed by atoms with Crippen molar-refractivity contribution < 1.29 is 0 Å². The number of hydrogen-bond acceptors (Lipinski definition) is 0. The normalized spacial score (nSPS) is 11.0. The Hall–Kier alpha value is -1.30. The third-order valence-electron chi connectivity index (χ3n) is 3.49. The maximum Gasteiger partial charge on any atom is -0.0147 e. The molecule has 78 valence electrons. The summed E-state index contributed by atoms with van der Waals surface area (Å²) in [7, 11) is 0. The van der Waals surface area contributed by atoms with Gasteiger partial charge in [0.2, 0.25) is 0 Å². The second kappa shape index (κ2) is 3.37. The van der Waals surface area contributed by atoms with Crippen LogP contribution in [0.5, 0.6) is 0 Å². The van der Waals surface area contributed by atoms with Gasteiger partial charge in [-0.05, 0) is 73.2 Å². The number of rotatable bonds is 0. The van der Waals surface area contributed by atoms with Crippen LogP contribution in [0.2, 0.25) is 0 Å². The molecule has 0 saturated heterocycles. The molecule has 0 aliphatic rings. The zero-order valence-electron chi connectivity index (χ0n) is 10.2. The van der Waals surface area contributed by atoms with Gasteiger partial charge in [-0.2, -0.15) is 0 Å². The van der Waals surface area contributed by atoms with Crippen LogP contribution in [-0.4, -0.2) is 0 Å². The van der Waals surface area contributed by atoms with Crippen LogP contribution in [0.25, 0.3) is 10.8 Å². The SMILES string of the molecule is Cc1cc2c(C)cc(C)c(C)c2cc1C. The standard InChI is InChI=1S/C15H18/c1-9-7-14-12(4)6-11(3)13(5)15(14)8-10(9)2/h6-8H,1-5H3. The molecule has 0 heteroatoms. The van der Waals surface area contributed by atoms with Crippen LogP contribution < -0.4 is 0 Å². The van der Waals surface area contributed by atoms with Crippen molar-refractivity contribution in [2.75, 3.05) is 0 Å². The van der Waals surface area contributed by atoms with Crippen molar-refractivity contribution >= 4 is 10.8 Å². The molecule has 0 aliphatic heterocycles. The average Bonchev–Trinajstić information content (AvgIpc) is 2.18. The van der Waals surface area contributed by atoms with Crippen LogP contribution in [0.4, 0.5) is 0 Å². The summed E-state index contributed by atoms with van der Waals surface area (Å²) in [6.07, 6.45) is 0. The smallest absolute Gasteiger partial charge is 0.0147 e. The van der Waals surface area contributed by atoms with Gasteiger partial charge in [-0.25, -0.2) is 0 Å². The third-order valence-corrected chi connectivity index (χ3v) is 3.49. The lowest BCUT2D eigenvalue weighted by Crippen LogP contribution is -1.90. The Labute approximate surface area is 91.9 Å². The maximum atomic E-state index is 2.32. The van der Waals surface area contributed by atoms with Gasteiger partial charge in [-0.3, -0.25) is 0 Å². The monoisotopic (exact) mass is 198 g/mol. The number of aryl methyl sites for hydroxylation is 5. The fraction of sp³-hybridized carbons (Fsp3) is 0.333. The van der Waals surface area contributed by atoms with E-state index in [9.17, 15) is 0 Å². The minimum Gasteiger partial charge on any atom is -0.0555 e. The molecule has 0 atom stereocenters. The van der Waals surface area contributed by atoms with Crippen LogP contribution in [0.1, 0.15) is 27.8 Å². The van der Waals surface area contributed by atoms with Gasteiger partial charge in [0, 0.05) is 0 Å². The third kappa shape index (κ3) is 1.54. The zero-order chi connectivity index (χ0) is 11.2. The quantitative estimate of drug-likeness (QED) is 0.589. The molecule has 0 spiro atoms. The van der Waals surface area contributed by atoms with Gasteiger partial charge in [0.05, 0.1) is 0 Å². The summed E-state index contributed by atoms with van der Waals surface area (Å²) >= 11 is 0. The minimum absolute atomic E-state index is 1.38. The highest BCUT2D eigenvalue weighted by Crippen LogP contribution is 2.27. The Morgan fingerprint density at radius 2 is 1.07 bits per heavy atom. The molecule has 0 aromatic heterocycles. The first-order chi connectivity index (χ1) is 7.00. The van der Waals surface area contributed by atoms with Crippen molar-refractivity contribution in [1.82, 2.24) is 0 Å². The summed E-state index contributed by atoms with van der Waals surface area (Å²) in [6, 6.07) is 6.92. The molecular formula is C15H18. The van der Waals surface area contributed by atoms with E-state index in [1.165, 1.54) is 38.6 Å². The van der Waals surface area contributed by atoms with Crippen LogP contribution in [0.3, 0.4) is 0 Å². The Morgan fingerprint density at radius 1 is 0.533 bits per heavy atom. The zero-order valence-corrected chi connectivity index (χ0v) is 10.2. The van der Waals surface area contributed by atoms with Gasteiger partial charge in [-0.1, -0.05) is 18.2 Å². The van der Waals surface area contributed by atoms with Crippen LogP contribution in [-0.2, 0) is 0 Å². The Bertz CT molecular complexity index is 533. The van der Waals surface area contributed by atoms with Crippen molar-refractivity contribution in [2.45, 2.75) is 34.6 Å². The van der Waals surface area contributed by atoms with Crippen molar-refractivity contribution in [3.8, 4) is 0 Å². The fourth-order valence-electron chi connectivity index (χ4n) is 2.18. The molecule has 0 amide bonds. The lowest BCUT2D eigenvalue weighted by atomic mass is 9.93. The molecule has 0 N–H and O–H groups in total. The summed E-state index contributed by atoms with van der Waals surface area (Å²) in [5, 5.41) is 2.82. The van der Waals surface area contributed by atoms with Gasteiger partial charge >= 0.3 is 0 Å². The Kier molecular flexibility index (Phi) is 2.30. The predicted molar refractivity (Wildman–Crippen MR) is 67.6 cm³/mol. The summed E-state index contributed by atoms with van der Waals surface area (Å²) < 4.78 is 0. The summed E-state index contributed by atoms with van der Waals surface area (Å²) in [5.74, 6) is 0. The van der Waals surface area contributed by atoms with Crippen molar-refractivity contribution in [1.29, 1.82) is 0 Å². The maximum absolute atomic E-state index is 2.32. The number of fused-ring (bicyclic) bond motifs is 1. The first kappa shape index (κ1) is 10.2. The highest BCUT2D eigenvalue weighted by molar-refractivity contribution is 5.90. The number of benzene rings is 2. The topological polar surface area (TPSA) is 0 Å². The molecule has 0 saturated carbocycles. The van der Waals surface area contributed by atoms with E-state index in [1.54, 1.807) is 0 Å². The lowest BCUT2D eigenvalue weighted by molar-refractivity contribution is 1.31. The Morgan fingerprint density at radius 3 is 1.67 bits per heavy atom. The average molecular weight is 198 g/mol. The van der Waals surface area contributed by atoms with Crippen molar-refractivity contribution in [2.24, 2.45) is 0 Å². The molecule has 0 nitrogen and oxygen atoms in total. The molecule has 2 rings (SSSR count). The first-order valence-corrected chi connectivity index (χ1v) is 5.48. The molecule has 0 aliphatic carbocycles. The van der Waals surface area contributed by atoms with E-state index in [0.717, 1.165) is 0 Å². The van der Waals surface area contributed by atoms with Crippen LogP contribution >= 0.6 is 0 Å². The molecule has 0 unspecified atom stereocenters.